The summed E-state index contributed by atoms with van der Waals surface area (Å²) >= 11 is 13.7. The highest BCUT2D eigenvalue weighted by Crippen LogP contribution is 2.36. The van der Waals surface area contributed by atoms with Crippen molar-refractivity contribution in [1.82, 2.24) is 4.98 Å². The highest BCUT2D eigenvalue weighted by atomic mass is 35.5. The van der Waals surface area contributed by atoms with Crippen molar-refractivity contribution in [3.63, 3.8) is 0 Å². The average Bonchev–Trinajstić information content (AvgIpc) is 2.88. The van der Waals surface area contributed by atoms with Crippen LogP contribution in [0.15, 0.2) is 42.5 Å². The van der Waals surface area contributed by atoms with Gasteiger partial charge in [-0.15, -0.1) is 11.3 Å². The second-order valence-corrected chi connectivity index (χ2v) is 7.10. The molecule has 0 saturated carbocycles. The largest absolute Gasteiger partial charge is 0.478 e. The number of halogens is 2. The Labute approximate surface area is 152 Å². The Morgan fingerprint density at radius 3 is 2.50 bits per heavy atom. The van der Waals surface area contributed by atoms with Crippen molar-refractivity contribution >= 4 is 51.3 Å². The van der Waals surface area contributed by atoms with Crippen molar-refractivity contribution in [2.24, 2.45) is 0 Å². The Bertz CT molecular complexity index is 907. The number of hydrogen-bond acceptors (Lipinski definition) is 4. The lowest BCUT2D eigenvalue weighted by Gasteiger charge is -2.03. The fourth-order valence-corrected chi connectivity index (χ4v) is 3.55. The van der Waals surface area contributed by atoms with Gasteiger partial charge in [0.15, 0.2) is 5.13 Å². The molecule has 0 aliphatic rings. The van der Waals surface area contributed by atoms with Gasteiger partial charge in [0, 0.05) is 21.2 Å². The molecule has 0 unspecified atom stereocenters. The SMILES string of the molecule is Cc1sc(Nc2ccc(C(=O)O)cc2)nc1-c1ccc(Cl)cc1Cl. The molecule has 3 rings (SSSR count). The van der Waals surface area contributed by atoms with Crippen LogP contribution in [0.3, 0.4) is 0 Å². The second kappa shape index (κ2) is 6.81. The third kappa shape index (κ3) is 3.53. The first-order valence-electron chi connectivity index (χ1n) is 6.97. The Balaban J connectivity index is 1.87. The Morgan fingerprint density at radius 1 is 1.17 bits per heavy atom. The summed E-state index contributed by atoms with van der Waals surface area (Å²) in [6.45, 7) is 1.97. The monoisotopic (exact) mass is 378 g/mol. The van der Waals surface area contributed by atoms with Crippen LogP contribution in [-0.2, 0) is 0 Å². The van der Waals surface area contributed by atoms with Crippen LogP contribution in [0.5, 0.6) is 0 Å². The average molecular weight is 379 g/mol. The number of aromatic nitrogens is 1. The van der Waals surface area contributed by atoms with Crippen molar-refractivity contribution < 1.29 is 9.90 Å². The van der Waals surface area contributed by atoms with Gasteiger partial charge in [-0.25, -0.2) is 9.78 Å². The summed E-state index contributed by atoms with van der Waals surface area (Å²) in [4.78, 5) is 16.5. The van der Waals surface area contributed by atoms with Crippen LogP contribution >= 0.6 is 34.5 Å². The van der Waals surface area contributed by atoms with E-state index >= 15 is 0 Å². The summed E-state index contributed by atoms with van der Waals surface area (Å²) in [5, 5.41) is 13.9. The summed E-state index contributed by atoms with van der Waals surface area (Å²) in [7, 11) is 0. The van der Waals surface area contributed by atoms with E-state index in [-0.39, 0.29) is 5.56 Å². The van der Waals surface area contributed by atoms with Crippen molar-refractivity contribution in [1.29, 1.82) is 0 Å². The molecule has 0 bridgehead atoms. The molecule has 3 aromatic rings. The second-order valence-electron chi connectivity index (χ2n) is 5.06. The Morgan fingerprint density at radius 2 is 1.88 bits per heavy atom. The van der Waals surface area contributed by atoms with Crippen LogP contribution in [0.25, 0.3) is 11.3 Å². The molecule has 7 heteroatoms. The lowest BCUT2D eigenvalue weighted by atomic mass is 10.1. The van der Waals surface area contributed by atoms with Gasteiger partial charge in [-0.3, -0.25) is 0 Å². The summed E-state index contributed by atoms with van der Waals surface area (Å²) in [6, 6.07) is 11.8. The molecule has 2 aromatic carbocycles. The third-order valence-electron chi connectivity index (χ3n) is 3.37. The summed E-state index contributed by atoms with van der Waals surface area (Å²) < 4.78 is 0. The number of rotatable bonds is 4. The minimum Gasteiger partial charge on any atom is -0.478 e. The van der Waals surface area contributed by atoms with E-state index in [0.29, 0.717) is 15.2 Å². The van der Waals surface area contributed by atoms with Crippen molar-refractivity contribution in [3.8, 4) is 11.3 Å². The highest BCUT2D eigenvalue weighted by molar-refractivity contribution is 7.16. The maximum Gasteiger partial charge on any atom is 0.335 e. The number of benzene rings is 2. The fraction of sp³-hybridized carbons (Fsp3) is 0.0588. The summed E-state index contributed by atoms with van der Waals surface area (Å²) in [5.41, 5.74) is 2.63. The number of thiazole rings is 1. The van der Waals surface area contributed by atoms with Gasteiger partial charge in [0.25, 0.3) is 0 Å². The van der Waals surface area contributed by atoms with Crippen molar-refractivity contribution in [2.45, 2.75) is 6.92 Å². The van der Waals surface area contributed by atoms with Gasteiger partial charge in [0.2, 0.25) is 0 Å². The van der Waals surface area contributed by atoms with Crippen molar-refractivity contribution in [2.75, 3.05) is 5.32 Å². The number of aromatic carboxylic acids is 1. The predicted octanol–water partition coefficient (Wildman–Crippen LogP) is 5.87. The van der Waals surface area contributed by atoms with Gasteiger partial charge in [-0.1, -0.05) is 23.2 Å². The third-order valence-corrected chi connectivity index (χ3v) is 4.80. The van der Waals surface area contributed by atoms with Crippen LogP contribution in [0.1, 0.15) is 15.2 Å². The first kappa shape index (κ1) is 16.8. The van der Waals surface area contributed by atoms with E-state index in [0.717, 1.165) is 21.8 Å². The first-order valence-corrected chi connectivity index (χ1v) is 8.54. The number of nitrogens with one attached hydrogen (secondary N) is 1. The predicted molar refractivity (Wildman–Crippen MR) is 99.0 cm³/mol. The molecule has 0 atom stereocenters. The van der Waals surface area contributed by atoms with E-state index in [9.17, 15) is 4.79 Å². The lowest BCUT2D eigenvalue weighted by molar-refractivity contribution is 0.0697. The zero-order valence-corrected chi connectivity index (χ0v) is 14.8. The van der Waals surface area contributed by atoms with E-state index in [2.05, 4.69) is 10.3 Å². The topological polar surface area (TPSA) is 62.2 Å². The highest BCUT2D eigenvalue weighted by Gasteiger charge is 2.13. The van der Waals surface area contributed by atoms with Gasteiger partial charge >= 0.3 is 5.97 Å². The molecule has 2 N–H and O–H groups in total. The summed E-state index contributed by atoms with van der Waals surface area (Å²) in [6.07, 6.45) is 0. The molecule has 0 saturated heterocycles. The molecule has 0 radical (unpaired) electrons. The molecule has 0 aliphatic carbocycles. The quantitative estimate of drug-likeness (QED) is 0.595. The molecule has 122 valence electrons. The lowest BCUT2D eigenvalue weighted by Crippen LogP contribution is -1.96. The Hall–Kier alpha value is -2.08. The van der Waals surface area contributed by atoms with E-state index < -0.39 is 5.97 Å². The zero-order valence-electron chi connectivity index (χ0n) is 12.5. The maximum absolute atomic E-state index is 10.9. The van der Waals surface area contributed by atoms with E-state index in [4.69, 9.17) is 28.3 Å². The molecule has 0 aliphatic heterocycles. The Kier molecular flexibility index (Phi) is 4.76. The summed E-state index contributed by atoms with van der Waals surface area (Å²) in [5.74, 6) is -0.952. The number of nitrogens with zero attached hydrogens (tertiary/aromatic N) is 1. The number of aryl methyl sites for hydroxylation is 1. The van der Waals surface area contributed by atoms with E-state index in [1.807, 2.05) is 13.0 Å². The molecule has 1 heterocycles. The molecule has 0 spiro atoms. The normalized spacial score (nSPS) is 10.6. The molecule has 0 fully saturated rings. The zero-order chi connectivity index (χ0) is 17.3. The van der Waals surface area contributed by atoms with Gasteiger partial charge in [-0.05, 0) is 49.4 Å². The van der Waals surface area contributed by atoms with Crippen LogP contribution in [-0.4, -0.2) is 16.1 Å². The van der Waals surface area contributed by atoms with Crippen molar-refractivity contribution in [3.05, 3.63) is 63.0 Å². The minimum absolute atomic E-state index is 0.240. The molecule has 1 aromatic heterocycles. The first-order chi connectivity index (χ1) is 11.4. The van der Waals surface area contributed by atoms with E-state index in [1.165, 1.54) is 11.3 Å². The van der Waals surface area contributed by atoms with Crippen LogP contribution < -0.4 is 5.32 Å². The van der Waals surface area contributed by atoms with Crippen LogP contribution in [0.2, 0.25) is 10.0 Å². The number of hydrogen-bond donors (Lipinski definition) is 2. The van der Waals surface area contributed by atoms with Gasteiger partial charge in [-0.2, -0.15) is 0 Å². The standard InChI is InChI=1S/C17H12Cl2N2O2S/c1-9-15(13-7-4-11(18)8-14(13)19)21-17(24-9)20-12-5-2-10(3-6-12)16(22)23/h2-8H,1H3,(H,20,21)(H,22,23). The number of carboxylic acids is 1. The van der Waals surface area contributed by atoms with E-state index in [1.54, 1.807) is 36.4 Å². The molecular formula is C17H12Cl2N2O2S. The number of carboxylic acid groups (broad SMARTS) is 1. The molecule has 24 heavy (non-hydrogen) atoms. The molecule has 4 nitrogen and oxygen atoms in total. The molecular weight excluding hydrogens is 367 g/mol. The van der Waals surface area contributed by atoms with Crippen LogP contribution in [0, 0.1) is 6.92 Å². The molecule has 0 amide bonds. The van der Waals surface area contributed by atoms with Crippen LogP contribution in [0.4, 0.5) is 10.8 Å². The smallest absolute Gasteiger partial charge is 0.335 e. The fourth-order valence-electron chi connectivity index (χ4n) is 2.20. The minimum atomic E-state index is -0.952. The maximum atomic E-state index is 10.9. The number of anilines is 2. The van der Waals surface area contributed by atoms with Gasteiger partial charge in [0.1, 0.15) is 0 Å². The van der Waals surface area contributed by atoms with Gasteiger partial charge < -0.3 is 10.4 Å². The number of carbonyl (C=O) groups is 1. The van der Waals surface area contributed by atoms with Gasteiger partial charge in [0.05, 0.1) is 16.3 Å².